The van der Waals surface area contributed by atoms with Crippen LogP contribution in [0.15, 0.2) is 47.5 Å². The number of carbonyl (C=O) groups is 2. The zero-order valence-electron chi connectivity index (χ0n) is 27.1. The average Bonchev–Trinajstić information content (AvgIpc) is 2.87. The first kappa shape index (κ1) is 33.2. The maximum Gasteiger partial charge on any atom is 0.414 e. The summed E-state index contributed by atoms with van der Waals surface area (Å²) in [5.41, 5.74) is 1.86. The van der Waals surface area contributed by atoms with E-state index in [4.69, 9.17) is 23.9 Å². The van der Waals surface area contributed by atoms with Gasteiger partial charge in [0, 0.05) is 10.9 Å². The summed E-state index contributed by atoms with van der Waals surface area (Å²) in [5, 5.41) is 6.67. The van der Waals surface area contributed by atoms with Crippen LogP contribution in [0, 0.1) is 0 Å². The number of ether oxygens (including phenoxy) is 4. The standard InChI is InChI=1S/C33H44N4O6/c1-31(2,3)22-14-12-13-20(15-22)24-16-21-17-26(40-10)27(41-11)18-23(21)25(35-24)19-34-28(36-29(38)42-32(4,5)6)37-30(39)43-33(7,8)9/h12-18H,19H2,1-11H3,(H2,34,36,37,38,39). The molecule has 2 amide bonds. The predicted molar refractivity (Wildman–Crippen MR) is 169 cm³/mol. The second kappa shape index (κ2) is 12.9. The van der Waals surface area contributed by atoms with E-state index < -0.39 is 23.4 Å². The highest BCUT2D eigenvalue weighted by Crippen LogP contribution is 2.36. The molecular weight excluding hydrogens is 548 g/mol. The molecule has 1 aromatic heterocycles. The second-order valence-corrected chi connectivity index (χ2v) is 13.1. The van der Waals surface area contributed by atoms with Gasteiger partial charge in [-0.1, -0.05) is 39.0 Å². The number of rotatable bonds is 5. The third-order valence-electron chi connectivity index (χ3n) is 6.06. The Bertz CT molecular complexity index is 1480. The molecule has 0 radical (unpaired) electrons. The summed E-state index contributed by atoms with van der Waals surface area (Å²) in [6.45, 7) is 16.9. The zero-order valence-corrected chi connectivity index (χ0v) is 27.1. The molecule has 2 aromatic carbocycles. The van der Waals surface area contributed by atoms with E-state index in [1.165, 1.54) is 5.56 Å². The van der Waals surface area contributed by atoms with Crippen molar-refractivity contribution in [1.29, 1.82) is 0 Å². The van der Waals surface area contributed by atoms with Crippen LogP contribution < -0.4 is 20.1 Å². The molecule has 232 valence electrons. The zero-order chi connectivity index (χ0) is 32.2. The van der Waals surface area contributed by atoms with Crippen molar-refractivity contribution in [2.75, 3.05) is 14.2 Å². The molecule has 0 saturated heterocycles. The molecule has 0 saturated carbocycles. The molecule has 0 fully saturated rings. The molecule has 0 spiro atoms. The number of nitrogens with one attached hydrogen (secondary N) is 2. The molecule has 0 bridgehead atoms. The first-order valence-electron chi connectivity index (χ1n) is 14.1. The SMILES string of the molecule is COc1cc2cc(-c3cccc(C(C)(C)C)c3)nc(CN=C(NC(=O)OC(C)(C)C)NC(=O)OC(C)(C)C)c2cc1OC. The van der Waals surface area contributed by atoms with Gasteiger partial charge in [-0.3, -0.25) is 15.6 Å². The van der Waals surface area contributed by atoms with Crippen LogP contribution in [0.4, 0.5) is 9.59 Å². The van der Waals surface area contributed by atoms with Crippen LogP contribution in [0.2, 0.25) is 0 Å². The van der Waals surface area contributed by atoms with Gasteiger partial charge in [0.25, 0.3) is 0 Å². The number of hydrogen-bond acceptors (Lipinski definition) is 8. The van der Waals surface area contributed by atoms with Crippen LogP contribution in [0.3, 0.4) is 0 Å². The highest BCUT2D eigenvalue weighted by Gasteiger charge is 2.22. The molecule has 1 heterocycles. The van der Waals surface area contributed by atoms with Crippen LogP contribution >= 0.6 is 0 Å². The maximum atomic E-state index is 12.6. The second-order valence-electron chi connectivity index (χ2n) is 13.1. The minimum absolute atomic E-state index is 0.000284. The van der Waals surface area contributed by atoms with E-state index in [2.05, 4.69) is 48.5 Å². The van der Waals surface area contributed by atoms with Crippen LogP contribution in [0.5, 0.6) is 11.5 Å². The van der Waals surface area contributed by atoms with Gasteiger partial charge in [-0.25, -0.2) is 14.6 Å². The fourth-order valence-electron chi connectivity index (χ4n) is 4.13. The summed E-state index contributed by atoms with van der Waals surface area (Å²) in [7, 11) is 3.15. The van der Waals surface area contributed by atoms with Crippen molar-refractivity contribution in [3.63, 3.8) is 0 Å². The van der Waals surface area contributed by atoms with Gasteiger partial charge in [0.15, 0.2) is 11.5 Å². The molecule has 2 N–H and O–H groups in total. The number of carbonyl (C=O) groups excluding carboxylic acids is 2. The number of alkyl carbamates (subject to hydrolysis) is 2. The highest BCUT2D eigenvalue weighted by atomic mass is 16.6. The van der Waals surface area contributed by atoms with Crippen molar-refractivity contribution in [3.8, 4) is 22.8 Å². The van der Waals surface area contributed by atoms with Crippen molar-refractivity contribution in [2.24, 2.45) is 4.99 Å². The first-order valence-corrected chi connectivity index (χ1v) is 14.1. The molecule has 0 unspecified atom stereocenters. The number of methoxy groups -OCH3 is 2. The lowest BCUT2D eigenvalue weighted by atomic mass is 9.86. The highest BCUT2D eigenvalue weighted by molar-refractivity contribution is 6.01. The Morgan fingerprint density at radius 3 is 1.86 bits per heavy atom. The van der Waals surface area contributed by atoms with Crippen molar-refractivity contribution in [3.05, 3.63) is 53.7 Å². The number of guanidine groups is 1. The number of nitrogens with zero attached hydrogens (tertiary/aromatic N) is 2. The summed E-state index contributed by atoms with van der Waals surface area (Å²) in [6.07, 6.45) is -1.56. The minimum atomic E-state index is -0.778. The molecule has 0 aliphatic rings. The van der Waals surface area contributed by atoms with Gasteiger partial charge in [0.2, 0.25) is 5.96 Å². The Labute approximate surface area is 254 Å². The van der Waals surface area contributed by atoms with Crippen molar-refractivity contribution < 1.29 is 28.5 Å². The Hall–Kier alpha value is -4.34. The summed E-state index contributed by atoms with van der Waals surface area (Å²) in [4.78, 5) is 34.7. The van der Waals surface area contributed by atoms with E-state index in [0.29, 0.717) is 17.2 Å². The van der Waals surface area contributed by atoms with Gasteiger partial charge in [-0.05, 0) is 82.2 Å². The van der Waals surface area contributed by atoms with E-state index in [0.717, 1.165) is 22.0 Å². The molecule has 0 aliphatic carbocycles. The van der Waals surface area contributed by atoms with Crippen molar-refractivity contribution >= 4 is 28.9 Å². The molecule has 0 aliphatic heterocycles. The lowest BCUT2D eigenvalue weighted by Gasteiger charge is -2.22. The number of amides is 2. The summed E-state index contributed by atoms with van der Waals surface area (Å²) in [5.74, 6) is 0.964. The van der Waals surface area contributed by atoms with Gasteiger partial charge in [0.1, 0.15) is 11.2 Å². The van der Waals surface area contributed by atoms with Gasteiger partial charge in [-0.15, -0.1) is 0 Å². The third kappa shape index (κ3) is 9.59. The maximum absolute atomic E-state index is 12.6. The van der Waals surface area contributed by atoms with E-state index in [-0.39, 0.29) is 17.9 Å². The largest absolute Gasteiger partial charge is 0.493 e. The first-order chi connectivity index (χ1) is 19.9. The number of benzene rings is 2. The Kier molecular flexibility index (Phi) is 9.94. The number of fused-ring (bicyclic) bond motifs is 1. The minimum Gasteiger partial charge on any atom is -0.493 e. The number of aliphatic imine (C=N–C) groups is 1. The lowest BCUT2D eigenvalue weighted by molar-refractivity contribution is 0.0545. The molecule has 10 nitrogen and oxygen atoms in total. The summed E-state index contributed by atoms with van der Waals surface area (Å²) >= 11 is 0. The van der Waals surface area contributed by atoms with Crippen LogP contribution in [-0.2, 0) is 21.4 Å². The average molecular weight is 593 g/mol. The Morgan fingerprint density at radius 2 is 1.35 bits per heavy atom. The van der Waals surface area contributed by atoms with Crippen LogP contribution in [-0.4, -0.2) is 48.6 Å². The van der Waals surface area contributed by atoms with Gasteiger partial charge >= 0.3 is 12.2 Å². The molecule has 3 aromatic rings. The fourth-order valence-corrected chi connectivity index (χ4v) is 4.13. The monoisotopic (exact) mass is 592 g/mol. The molecule has 0 atom stereocenters. The fraction of sp³-hybridized carbons (Fsp3) is 0.455. The van der Waals surface area contributed by atoms with Gasteiger partial charge < -0.3 is 18.9 Å². The summed E-state index contributed by atoms with van der Waals surface area (Å²) in [6, 6.07) is 14.0. The van der Waals surface area contributed by atoms with Crippen molar-refractivity contribution in [2.45, 2.75) is 85.5 Å². The Morgan fingerprint density at radius 1 is 0.791 bits per heavy atom. The quantitative estimate of drug-likeness (QED) is 0.239. The lowest BCUT2D eigenvalue weighted by Crippen LogP contribution is -2.47. The van der Waals surface area contributed by atoms with Gasteiger partial charge in [-0.2, -0.15) is 0 Å². The van der Waals surface area contributed by atoms with E-state index in [1.807, 2.05) is 30.3 Å². The van der Waals surface area contributed by atoms with Crippen LogP contribution in [0.25, 0.3) is 22.0 Å². The summed E-state index contributed by atoms with van der Waals surface area (Å²) < 4.78 is 21.9. The van der Waals surface area contributed by atoms with E-state index in [1.54, 1.807) is 55.8 Å². The molecule has 3 rings (SSSR count). The normalized spacial score (nSPS) is 11.9. The topological polar surface area (TPSA) is 120 Å². The van der Waals surface area contributed by atoms with Crippen LogP contribution in [0.1, 0.15) is 73.6 Å². The third-order valence-corrected chi connectivity index (χ3v) is 6.06. The van der Waals surface area contributed by atoms with E-state index >= 15 is 0 Å². The van der Waals surface area contributed by atoms with Gasteiger partial charge in [0.05, 0.1) is 32.2 Å². The predicted octanol–water partition coefficient (Wildman–Crippen LogP) is 7.12. The molecule has 10 heteroatoms. The number of hydrogen-bond donors (Lipinski definition) is 2. The number of aromatic nitrogens is 1. The number of pyridine rings is 1. The van der Waals surface area contributed by atoms with Crippen molar-refractivity contribution in [1.82, 2.24) is 15.6 Å². The Balaban J connectivity index is 2.14. The molecular formula is C33H44N4O6. The van der Waals surface area contributed by atoms with E-state index in [9.17, 15) is 9.59 Å². The molecule has 43 heavy (non-hydrogen) atoms. The smallest absolute Gasteiger partial charge is 0.414 e.